The fourth-order valence-electron chi connectivity index (χ4n) is 2.28. The zero-order chi connectivity index (χ0) is 27.5. The van der Waals surface area contributed by atoms with Crippen LogP contribution in [-0.4, -0.2) is 72.1 Å². The van der Waals surface area contributed by atoms with Crippen LogP contribution in [0.15, 0.2) is 57.5 Å². The van der Waals surface area contributed by atoms with Gasteiger partial charge in [0.15, 0.2) is 12.6 Å². The van der Waals surface area contributed by atoms with E-state index in [1.165, 1.54) is 28.4 Å². The third-order valence-corrected chi connectivity index (χ3v) is 5.18. The van der Waals surface area contributed by atoms with E-state index in [1.807, 2.05) is 24.3 Å². The molecular weight excluding hydrogens is 686 g/mol. The predicted octanol–water partition coefficient (Wildman–Crippen LogP) is -4.84. The Kier molecular flexibility index (Phi) is 30.2. The molecule has 38 heavy (non-hydrogen) atoms. The van der Waals surface area contributed by atoms with Gasteiger partial charge in [0, 0.05) is 48.5 Å². The maximum atomic E-state index is 11.7. The number of carbonyl (C=O) groups is 3. The van der Waals surface area contributed by atoms with Crippen LogP contribution in [-0.2, 0) is 18.9 Å². The number of ether oxygens (including phenoxy) is 4. The minimum atomic E-state index is -2.33. The molecule has 0 spiro atoms. The third-order valence-electron chi connectivity index (χ3n) is 4.12. The Balaban J connectivity index is -0.000000540. The van der Waals surface area contributed by atoms with E-state index in [4.69, 9.17) is 34.0 Å². The minimum Gasteiger partial charge on any atom is -0.652 e. The topological polar surface area (TPSA) is 158 Å². The molecule has 2 aromatic carbocycles. The third kappa shape index (κ3) is 21.5. The van der Waals surface area contributed by atoms with Gasteiger partial charge >= 0.3 is 103 Å². The average molecular weight is 714 g/mol. The normalized spacial score (nSPS) is 9.47. The number of hydrogen-bond acceptors (Lipinski definition) is 9. The first-order valence-electron chi connectivity index (χ1n) is 10.1. The molecule has 0 saturated carbocycles. The molecule has 0 aromatic heterocycles. The van der Waals surface area contributed by atoms with Gasteiger partial charge in [0.25, 0.3) is 11.8 Å². The average Bonchev–Trinajstić information content (AvgIpc) is 2.86. The molecule has 0 bridgehead atoms. The number of hydrogen-bond donors (Lipinski definition) is 2. The molecule has 2 N–H and O–H groups in total. The number of carboxylic acid groups (broad SMARTS) is 2. The van der Waals surface area contributed by atoms with Crippen LogP contribution >= 0.6 is 31.9 Å². The zero-order valence-corrected chi connectivity index (χ0v) is 31.5. The van der Waals surface area contributed by atoms with Gasteiger partial charge in [-0.15, -0.1) is 0 Å². The molecule has 15 heteroatoms. The van der Waals surface area contributed by atoms with Crippen molar-refractivity contribution in [1.29, 1.82) is 0 Å². The summed E-state index contributed by atoms with van der Waals surface area (Å²) in [6, 6.07) is 14.3. The molecule has 2 amide bonds. The number of halogens is 2. The molecule has 2 aromatic rings. The van der Waals surface area contributed by atoms with Gasteiger partial charge in [-0.3, -0.25) is 9.59 Å². The SMILES string of the molecule is COC(CNC(=O)c1ccc(Br)cc1)OC.COC(CNC(=O)c1ccc(Br)cc1)OC.O=C([O-])[O-].[K+].[K+]. The van der Waals surface area contributed by atoms with Crippen molar-refractivity contribution in [2.45, 2.75) is 12.6 Å². The number of nitrogens with one attached hydrogen (secondary N) is 2. The van der Waals surface area contributed by atoms with Crippen molar-refractivity contribution < 1.29 is 146 Å². The molecule has 2 rings (SSSR count). The summed E-state index contributed by atoms with van der Waals surface area (Å²) >= 11 is 6.61. The van der Waals surface area contributed by atoms with Gasteiger partial charge < -0.3 is 44.6 Å². The molecule has 0 saturated heterocycles. The van der Waals surface area contributed by atoms with Crippen LogP contribution in [0.2, 0.25) is 0 Å². The summed E-state index contributed by atoms with van der Waals surface area (Å²) < 4.78 is 21.7. The second-order valence-electron chi connectivity index (χ2n) is 6.49. The molecule has 0 fully saturated rings. The molecule has 0 heterocycles. The van der Waals surface area contributed by atoms with Crippen LogP contribution in [0, 0.1) is 0 Å². The molecule has 0 radical (unpaired) electrons. The Labute approximate surface area is 324 Å². The van der Waals surface area contributed by atoms with E-state index < -0.39 is 18.7 Å². The van der Waals surface area contributed by atoms with Gasteiger partial charge in [-0.1, -0.05) is 31.9 Å². The van der Waals surface area contributed by atoms with Gasteiger partial charge in [-0.05, 0) is 54.7 Å². The second-order valence-corrected chi connectivity index (χ2v) is 8.32. The van der Waals surface area contributed by atoms with Crippen molar-refractivity contribution in [3.63, 3.8) is 0 Å². The molecular formula is C23H28Br2K2N2O9. The monoisotopic (exact) mass is 712 g/mol. The Hall–Kier alpha value is 0.723. The minimum absolute atomic E-state index is 0. The van der Waals surface area contributed by atoms with Crippen molar-refractivity contribution in [2.24, 2.45) is 0 Å². The molecule has 200 valence electrons. The number of methoxy groups -OCH3 is 4. The van der Waals surface area contributed by atoms with Crippen molar-refractivity contribution in [3.05, 3.63) is 68.6 Å². The van der Waals surface area contributed by atoms with E-state index >= 15 is 0 Å². The van der Waals surface area contributed by atoms with Crippen LogP contribution in [0.25, 0.3) is 0 Å². The van der Waals surface area contributed by atoms with Crippen LogP contribution < -0.4 is 124 Å². The van der Waals surface area contributed by atoms with Crippen molar-refractivity contribution in [3.8, 4) is 0 Å². The fourth-order valence-corrected chi connectivity index (χ4v) is 2.81. The van der Waals surface area contributed by atoms with Gasteiger partial charge in [0.1, 0.15) is 0 Å². The van der Waals surface area contributed by atoms with Crippen LogP contribution in [0.4, 0.5) is 4.79 Å². The second kappa shape index (κ2) is 26.6. The Bertz CT molecular complexity index is 843. The Morgan fingerprint density at radius 1 is 0.658 bits per heavy atom. The van der Waals surface area contributed by atoms with Crippen molar-refractivity contribution in [1.82, 2.24) is 10.6 Å². The summed E-state index contributed by atoms with van der Waals surface area (Å²) in [5.41, 5.74) is 1.21. The van der Waals surface area contributed by atoms with E-state index in [1.54, 1.807) is 24.3 Å². The predicted molar refractivity (Wildman–Crippen MR) is 134 cm³/mol. The van der Waals surface area contributed by atoms with E-state index in [0.29, 0.717) is 24.2 Å². The summed E-state index contributed by atoms with van der Waals surface area (Å²) in [4.78, 5) is 31.6. The maximum Gasteiger partial charge on any atom is 1.00 e. The summed E-state index contributed by atoms with van der Waals surface area (Å²) in [7, 11) is 6.11. The van der Waals surface area contributed by atoms with E-state index in [0.717, 1.165) is 8.95 Å². The molecule has 0 atom stereocenters. The number of amides is 2. The number of rotatable bonds is 10. The standard InChI is InChI=1S/2C11H14BrNO3.CH2O3.2K/c2*1-15-10(16-2)7-13-11(14)8-3-5-9(12)6-4-8;2-1(3)4;;/h2*3-6,10H,7H2,1-2H3,(H,13,14);(H2,2,3,4);;/q;;;2*+1/p-2. The number of benzene rings is 2. The fraction of sp³-hybridized carbons (Fsp3) is 0.348. The summed E-state index contributed by atoms with van der Waals surface area (Å²) in [5, 5.41) is 22.1. The summed E-state index contributed by atoms with van der Waals surface area (Å²) in [5.74, 6) is -0.293. The summed E-state index contributed by atoms with van der Waals surface area (Å²) in [6.45, 7) is 0.643. The molecule has 0 aliphatic carbocycles. The quantitative estimate of drug-likeness (QED) is 0.182. The van der Waals surface area contributed by atoms with E-state index in [-0.39, 0.29) is 115 Å². The maximum absolute atomic E-state index is 11.7. The van der Waals surface area contributed by atoms with Crippen molar-refractivity contribution >= 4 is 49.8 Å². The smallest absolute Gasteiger partial charge is 0.652 e. The van der Waals surface area contributed by atoms with Gasteiger partial charge in [0.05, 0.1) is 13.1 Å². The van der Waals surface area contributed by atoms with Gasteiger partial charge in [0.2, 0.25) is 0 Å². The largest absolute Gasteiger partial charge is 1.00 e. The first kappa shape index (κ1) is 43.2. The van der Waals surface area contributed by atoms with Gasteiger partial charge in [-0.25, -0.2) is 0 Å². The van der Waals surface area contributed by atoms with Crippen molar-refractivity contribution in [2.75, 3.05) is 41.5 Å². The zero-order valence-electron chi connectivity index (χ0n) is 22.1. The van der Waals surface area contributed by atoms with Crippen LogP contribution in [0.3, 0.4) is 0 Å². The molecule has 0 unspecified atom stereocenters. The van der Waals surface area contributed by atoms with E-state index in [9.17, 15) is 9.59 Å². The molecule has 0 aliphatic rings. The first-order valence-corrected chi connectivity index (χ1v) is 11.7. The Morgan fingerprint density at radius 2 is 0.895 bits per heavy atom. The van der Waals surface area contributed by atoms with Gasteiger partial charge in [-0.2, -0.15) is 0 Å². The first-order chi connectivity index (χ1) is 17.1. The van der Waals surface area contributed by atoms with E-state index in [2.05, 4.69) is 42.5 Å². The molecule has 11 nitrogen and oxygen atoms in total. The molecule has 0 aliphatic heterocycles. The summed E-state index contributed by atoms with van der Waals surface area (Å²) in [6.07, 6.45) is -3.17. The van der Waals surface area contributed by atoms with Crippen LogP contribution in [0.5, 0.6) is 0 Å². The number of carbonyl (C=O) groups excluding carboxylic acids is 3. The Morgan fingerprint density at radius 3 is 1.11 bits per heavy atom. The van der Waals surface area contributed by atoms with Crippen LogP contribution in [0.1, 0.15) is 20.7 Å².